The van der Waals surface area contributed by atoms with Gasteiger partial charge in [0.15, 0.2) is 5.78 Å². The molecule has 2 saturated carbocycles. The molecule has 0 aliphatic heterocycles. The van der Waals surface area contributed by atoms with Gasteiger partial charge in [-0.15, -0.1) is 0 Å². The molecule has 6 nitrogen and oxygen atoms in total. The van der Waals surface area contributed by atoms with Crippen molar-refractivity contribution in [1.82, 2.24) is 0 Å². The molecule has 2 aliphatic carbocycles. The minimum atomic E-state index is -0.884. The molecule has 3 atom stereocenters. The fraction of sp³-hybridized carbons (Fsp3) is 0.692. The molecular weight excluding hydrogens is 250 g/mol. The van der Waals surface area contributed by atoms with E-state index in [1.807, 2.05) is 13.8 Å². The predicted octanol–water partition coefficient (Wildman–Crippen LogP) is 1.71. The number of allylic oxidation sites excluding steroid dienone is 1. The van der Waals surface area contributed by atoms with Crippen molar-refractivity contribution in [3.63, 3.8) is 0 Å². The lowest BCUT2D eigenvalue weighted by Gasteiger charge is -2.36. The summed E-state index contributed by atoms with van der Waals surface area (Å²) in [5.74, 6) is -0.932. The van der Waals surface area contributed by atoms with Crippen molar-refractivity contribution in [1.29, 1.82) is 0 Å². The lowest BCUT2D eigenvalue weighted by Crippen LogP contribution is -2.44. The number of ether oxygens (including phenoxy) is 1. The molecule has 0 heterocycles. The van der Waals surface area contributed by atoms with Crippen LogP contribution in [-0.2, 0) is 14.3 Å². The molecule has 0 radical (unpaired) electrons. The molecule has 2 fully saturated rings. The third kappa shape index (κ3) is 1.62. The topological polar surface area (TPSA) is 86.5 Å². The molecule has 2 rings (SSSR count). The highest BCUT2D eigenvalue weighted by Crippen LogP contribution is 2.66. The van der Waals surface area contributed by atoms with Crippen LogP contribution < -0.4 is 0 Å². The summed E-state index contributed by atoms with van der Waals surface area (Å²) >= 11 is 0. The van der Waals surface area contributed by atoms with Crippen molar-refractivity contribution < 1.29 is 19.2 Å². The van der Waals surface area contributed by atoms with Gasteiger partial charge in [-0.05, 0) is 18.8 Å². The van der Waals surface area contributed by atoms with Gasteiger partial charge in [0.1, 0.15) is 6.10 Å². The average Bonchev–Trinajstić information content (AvgIpc) is 2.51. The number of Topliss-reactive ketones (excluding diaryl/α,β-unsaturated/α-hetero) is 1. The molecule has 0 unspecified atom stereocenters. The van der Waals surface area contributed by atoms with Crippen LogP contribution in [0.5, 0.6) is 0 Å². The zero-order valence-corrected chi connectivity index (χ0v) is 11.4. The van der Waals surface area contributed by atoms with Crippen LogP contribution in [0.2, 0.25) is 0 Å². The third-order valence-corrected chi connectivity index (χ3v) is 4.97. The van der Waals surface area contributed by atoms with E-state index in [2.05, 4.69) is 0 Å². The van der Waals surface area contributed by atoms with Crippen LogP contribution >= 0.6 is 0 Å². The zero-order valence-electron chi connectivity index (χ0n) is 11.4. The van der Waals surface area contributed by atoms with E-state index in [4.69, 9.17) is 4.74 Å². The Kier molecular flexibility index (Phi) is 2.80. The second-order valence-corrected chi connectivity index (χ2v) is 6.01. The number of hydrogen-bond acceptors (Lipinski definition) is 5. The predicted molar refractivity (Wildman–Crippen MR) is 65.6 cm³/mol. The number of rotatable bonds is 2. The molecule has 0 N–H and O–H groups in total. The third-order valence-electron chi connectivity index (χ3n) is 4.97. The first-order valence-corrected chi connectivity index (χ1v) is 6.19. The Morgan fingerprint density at radius 1 is 1.47 bits per heavy atom. The maximum atomic E-state index is 12.5. The molecule has 0 aromatic heterocycles. The highest BCUT2D eigenvalue weighted by molar-refractivity contribution is 6.05. The summed E-state index contributed by atoms with van der Waals surface area (Å²) in [6.07, 6.45) is 0.778. The van der Waals surface area contributed by atoms with Crippen LogP contribution in [0.3, 0.4) is 0 Å². The van der Waals surface area contributed by atoms with E-state index in [1.54, 1.807) is 6.92 Å². The van der Waals surface area contributed by atoms with E-state index in [9.17, 15) is 19.7 Å². The number of nitrogens with zero attached hydrogens (tertiary/aromatic N) is 1. The first kappa shape index (κ1) is 13.7. The minimum absolute atomic E-state index is 0.236. The summed E-state index contributed by atoms with van der Waals surface area (Å²) in [6.45, 7) is 6.85. The van der Waals surface area contributed by atoms with Crippen LogP contribution in [-0.4, -0.2) is 22.8 Å². The van der Waals surface area contributed by atoms with Crippen molar-refractivity contribution in [2.75, 3.05) is 0 Å². The van der Waals surface area contributed by atoms with Gasteiger partial charge in [0.2, 0.25) is 6.20 Å². The van der Waals surface area contributed by atoms with E-state index in [-0.39, 0.29) is 17.3 Å². The van der Waals surface area contributed by atoms with Gasteiger partial charge in [-0.25, -0.2) is 0 Å². The summed E-state index contributed by atoms with van der Waals surface area (Å²) in [4.78, 5) is 33.7. The Morgan fingerprint density at radius 2 is 2.05 bits per heavy atom. The van der Waals surface area contributed by atoms with Gasteiger partial charge in [-0.2, -0.15) is 0 Å². The zero-order chi connectivity index (χ0) is 14.6. The first-order chi connectivity index (χ1) is 8.62. The summed E-state index contributed by atoms with van der Waals surface area (Å²) in [6, 6.07) is 0. The van der Waals surface area contributed by atoms with Crippen molar-refractivity contribution in [3.05, 3.63) is 21.9 Å². The van der Waals surface area contributed by atoms with E-state index in [0.29, 0.717) is 6.42 Å². The van der Waals surface area contributed by atoms with Crippen LogP contribution in [0.4, 0.5) is 0 Å². The van der Waals surface area contributed by atoms with Gasteiger partial charge >= 0.3 is 5.97 Å². The molecule has 2 aliphatic rings. The summed E-state index contributed by atoms with van der Waals surface area (Å²) in [5.41, 5.74) is -1.09. The molecule has 19 heavy (non-hydrogen) atoms. The maximum absolute atomic E-state index is 12.5. The van der Waals surface area contributed by atoms with Crippen LogP contribution in [0.1, 0.15) is 34.1 Å². The van der Waals surface area contributed by atoms with Crippen LogP contribution in [0.15, 0.2) is 11.8 Å². The number of carbonyl (C=O) groups is 2. The molecule has 0 amide bonds. The van der Waals surface area contributed by atoms with Gasteiger partial charge in [-0.1, -0.05) is 13.8 Å². The Balaban J connectivity index is 2.47. The second kappa shape index (κ2) is 3.88. The number of ketones is 1. The molecule has 6 heteroatoms. The normalized spacial score (nSPS) is 37.7. The largest absolute Gasteiger partial charge is 0.461 e. The molecule has 0 saturated heterocycles. The monoisotopic (exact) mass is 267 g/mol. The number of nitro groups is 1. The van der Waals surface area contributed by atoms with Crippen LogP contribution in [0.25, 0.3) is 0 Å². The molecule has 0 spiro atoms. The average molecular weight is 267 g/mol. The van der Waals surface area contributed by atoms with E-state index in [1.165, 1.54) is 6.92 Å². The standard InChI is InChI=1S/C13H17NO5/c1-7(15)19-10-5-9-8(6-14(17)18)11(16)13(10,4)12(9,2)3/h6,9-10H,5H2,1-4H3/b8-6+/t9-,10-,13-/m1/s1. The fourth-order valence-electron chi connectivity index (χ4n) is 3.56. The highest BCUT2D eigenvalue weighted by atomic mass is 16.6. The lowest BCUT2D eigenvalue weighted by molar-refractivity contribution is -0.403. The molecule has 0 aromatic rings. The minimum Gasteiger partial charge on any atom is -0.461 e. The second-order valence-electron chi connectivity index (χ2n) is 6.01. The quantitative estimate of drug-likeness (QED) is 0.329. The lowest BCUT2D eigenvalue weighted by atomic mass is 9.69. The van der Waals surface area contributed by atoms with E-state index < -0.39 is 27.8 Å². The van der Waals surface area contributed by atoms with Crippen molar-refractivity contribution in [2.24, 2.45) is 16.7 Å². The first-order valence-electron chi connectivity index (χ1n) is 6.19. The highest BCUT2D eigenvalue weighted by Gasteiger charge is 2.71. The Hall–Kier alpha value is -1.72. The van der Waals surface area contributed by atoms with E-state index in [0.717, 1.165) is 6.20 Å². The Morgan fingerprint density at radius 3 is 2.47 bits per heavy atom. The molecule has 104 valence electrons. The number of fused-ring (bicyclic) bond motifs is 2. The Labute approximate surface area is 111 Å². The number of esters is 1. The maximum Gasteiger partial charge on any atom is 0.302 e. The SMILES string of the molecule is CC(=O)O[C@@H]1C[C@@H]2/C(=C\[N+](=O)[O-])C(=O)[C@]1(C)C2(C)C. The van der Waals surface area contributed by atoms with Crippen molar-refractivity contribution in [3.8, 4) is 0 Å². The summed E-state index contributed by atoms with van der Waals surface area (Å²) < 4.78 is 5.25. The Bertz CT molecular complexity index is 507. The molecule has 2 bridgehead atoms. The number of carbonyl (C=O) groups excluding carboxylic acids is 2. The van der Waals surface area contributed by atoms with Gasteiger partial charge in [-0.3, -0.25) is 19.7 Å². The van der Waals surface area contributed by atoms with Crippen LogP contribution in [0, 0.1) is 26.9 Å². The molecular formula is C13H17NO5. The van der Waals surface area contributed by atoms with Gasteiger partial charge in [0.25, 0.3) is 0 Å². The number of hydrogen-bond donors (Lipinski definition) is 0. The van der Waals surface area contributed by atoms with Gasteiger partial charge in [0.05, 0.1) is 15.9 Å². The fourth-order valence-corrected chi connectivity index (χ4v) is 3.56. The van der Waals surface area contributed by atoms with Gasteiger partial charge < -0.3 is 4.74 Å². The molecule has 0 aromatic carbocycles. The van der Waals surface area contributed by atoms with Crippen molar-refractivity contribution in [2.45, 2.75) is 40.2 Å². The van der Waals surface area contributed by atoms with E-state index >= 15 is 0 Å². The van der Waals surface area contributed by atoms with Gasteiger partial charge in [0, 0.05) is 12.8 Å². The smallest absolute Gasteiger partial charge is 0.302 e. The summed E-state index contributed by atoms with van der Waals surface area (Å²) in [7, 11) is 0. The van der Waals surface area contributed by atoms with Crippen molar-refractivity contribution >= 4 is 11.8 Å². The summed E-state index contributed by atoms with van der Waals surface area (Å²) in [5, 5.41) is 10.6.